The van der Waals surface area contributed by atoms with Gasteiger partial charge in [0.2, 0.25) is 18.6 Å². The van der Waals surface area contributed by atoms with Crippen molar-refractivity contribution in [3.05, 3.63) is 53.3 Å². The number of nitrogens with one attached hydrogen (secondary N) is 2. The molecule has 4 rings (SSSR count). The smallest absolute Gasteiger partial charge is 0.231 e. The van der Waals surface area contributed by atoms with Crippen LogP contribution in [0.25, 0.3) is 0 Å². The maximum atomic E-state index is 13.4. The summed E-state index contributed by atoms with van der Waals surface area (Å²) >= 11 is 0. The first-order valence-corrected chi connectivity index (χ1v) is 8.36. The monoisotopic (exact) mass is 356 g/mol. The van der Waals surface area contributed by atoms with Crippen LogP contribution in [0.2, 0.25) is 0 Å². The van der Waals surface area contributed by atoms with Crippen molar-refractivity contribution in [1.82, 2.24) is 5.32 Å². The zero-order valence-corrected chi connectivity index (χ0v) is 13.9. The standard InChI is InChI=1S/C19H17FN2O4/c20-12-2-3-13-14(9-18(23)22-15(13)8-12)19(24)21-6-5-11-1-4-16-17(7-11)26-10-25-16/h1-4,7-8,14H,5-6,9-10H2,(H,21,24)(H,22,23). The van der Waals surface area contributed by atoms with Crippen molar-refractivity contribution in [2.75, 3.05) is 18.7 Å². The second-order valence-corrected chi connectivity index (χ2v) is 6.27. The van der Waals surface area contributed by atoms with E-state index in [1.165, 1.54) is 12.1 Å². The van der Waals surface area contributed by atoms with E-state index in [9.17, 15) is 14.0 Å². The molecule has 0 aliphatic carbocycles. The summed E-state index contributed by atoms with van der Waals surface area (Å²) in [4.78, 5) is 24.4. The largest absolute Gasteiger partial charge is 0.454 e. The summed E-state index contributed by atoms with van der Waals surface area (Å²) in [6, 6.07) is 9.73. The number of benzene rings is 2. The van der Waals surface area contributed by atoms with Crippen molar-refractivity contribution in [3.8, 4) is 11.5 Å². The first-order valence-electron chi connectivity index (χ1n) is 8.36. The third kappa shape index (κ3) is 3.20. The molecule has 7 heteroatoms. The van der Waals surface area contributed by atoms with E-state index in [1.54, 1.807) is 6.07 Å². The number of rotatable bonds is 4. The second kappa shape index (κ2) is 6.67. The van der Waals surface area contributed by atoms with Crippen LogP contribution in [0.4, 0.5) is 10.1 Å². The van der Waals surface area contributed by atoms with Gasteiger partial charge in [0.1, 0.15) is 5.82 Å². The van der Waals surface area contributed by atoms with Gasteiger partial charge in [0.05, 0.1) is 5.92 Å². The van der Waals surface area contributed by atoms with Crippen LogP contribution in [0.15, 0.2) is 36.4 Å². The first kappa shape index (κ1) is 16.4. The summed E-state index contributed by atoms with van der Waals surface area (Å²) < 4.78 is 24.0. The quantitative estimate of drug-likeness (QED) is 0.882. The molecule has 2 aliphatic heterocycles. The Bertz CT molecular complexity index is 884. The molecule has 1 unspecified atom stereocenters. The fourth-order valence-corrected chi connectivity index (χ4v) is 3.22. The average molecular weight is 356 g/mol. The number of ether oxygens (including phenoxy) is 2. The Morgan fingerprint density at radius 3 is 2.92 bits per heavy atom. The molecule has 2 N–H and O–H groups in total. The van der Waals surface area contributed by atoms with E-state index in [1.807, 2.05) is 18.2 Å². The zero-order valence-electron chi connectivity index (χ0n) is 13.9. The number of hydrogen-bond acceptors (Lipinski definition) is 4. The predicted octanol–water partition coefficient (Wildman–Crippen LogP) is 2.34. The van der Waals surface area contributed by atoms with E-state index in [0.29, 0.717) is 30.0 Å². The van der Waals surface area contributed by atoms with Gasteiger partial charge >= 0.3 is 0 Å². The topological polar surface area (TPSA) is 76.7 Å². The third-order valence-corrected chi connectivity index (χ3v) is 4.52. The van der Waals surface area contributed by atoms with Crippen molar-refractivity contribution < 1.29 is 23.5 Å². The minimum atomic E-state index is -0.615. The third-order valence-electron chi connectivity index (χ3n) is 4.52. The summed E-state index contributed by atoms with van der Waals surface area (Å²) in [7, 11) is 0. The first-order chi connectivity index (χ1) is 12.6. The molecule has 0 aromatic heterocycles. The highest BCUT2D eigenvalue weighted by Crippen LogP contribution is 2.33. The number of halogens is 1. The normalized spacial score (nSPS) is 17.4. The van der Waals surface area contributed by atoms with Gasteiger partial charge in [-0.05, 0) is 41.8 Å². The van der Waals surface area contributed by atoms with Gasteiger partial charge in [0.15, 0.2) is 11.5 Å². The summed E-state index contributed by atoms with van der Waals surface area (Å²) in [6.07, 6.45) is 0.673. The molecule has 0 saturated carbocycles. The molecule has 26 heavy (non-hydrogen) atoms. The number of amides is 2. The SMILES string of the molecule is O=C1CC(C(=O)NCCc2ccc3c(c2)OCO3)c2ccc(F)cc2N1. The van der Waals surface area contributed by atoms with Gasteiger partial charge < -0.3 is 20.1 Å². The van der Waals surface area contributed by atoms with Gasteiger partial charge in [0.25, 0.3) is 0 Å². The van der Waals surface area contributed by atoms with E-state index >= 15 is 0 Å². The second-order valence-electron chi connectivity index (χ2n) is 6.27. The van der Waals surface area contributed by atoms with Crippen molar-refractivity contribution >= 4 is 17.5 Å². The lowest BCUT2D eigenvalue weighted by molar-refractivity contribution is -0.126. The Balaban J connectivity index is 1.40. The maximum Gasteiger partial charge on any atom is 0.231 e. The van der Waals surface area contributed by atoms with Crippen molar-refractivity contribution in [1.29, 1.82) is 0 Å². The van der Waals surface area contributed by atoms with Crippen LogP contribution in [-0.2, 0) is 16.0 Å². The molecule has 0 saturated heterocycles. The summed E-state index contributed by atoms with van der Waals surface area (Å²) in [6.45, 7) is 0.645. The Kier molecular flexibility index (Phi) is 4.20. The van der Waals surface area contributed by atoms with Crippen LogP contribution >= 0.6 is 0 Å². The van der Waals surface area contributed by atoms with Crippen molar-refractivity contribution in [2.45, 2.75) is 18.8 Å². The molecule has 2 heterocycles. The van der Waals surface area contributed by atoms with Crippen molar-refractivity contribution in [3.63, 3.8) is 0 Å². The molecule has 6 nitrogen and oxygen atoms in total. The van der Waals surface area contributed by atoms with Crippen LogP contribution in [0.3, 0.4) is 0 Å². The van der Waals surface area contributed by atoms with Crippen LogP contribution in [-0.4, -0.2) is 25.2 Å². The minimum absolute atomic E-state index is 0.0501. The van der Waals surface area contributed by atoms with Gasteiger partial charge in [-0.15, -0.1) is 0 Å². The van der Waals surface area contributed by atoms with E-state index in [2.05, 4.69) is 10.6 Å². The number of fused-ring (bicyclic) bond motifs is 2. The van der Waals surface area contributed by atoms with Gasteiger partial charge in [0, 0.05) is 18.7 Å². The van der Waals surface area contributed by atoms with Crippen LogP contribution < -0.4 is 20.1 Å². The van der Waals surface area contributed by atoms with Crippen LogP contribution in [0.1, 0.15) is 23.5 Å². The lowest BCUT2D eigenvalue weighted by Gasteiger charge is -2.24. The summed E-state index contributed by atoms with van der Waals surface area (Å²) in [5, 5.41) is 5.47. The number of anilines is 1. The lowest BCUT2D eigenvalue weighted by Crippen LogP contribution is -2.36. The number of carbonyl (C=O) groups excluding carboxylic acids is 2. The van der Waals surface area contributed by atoms with E-state index in [-0.39, 0.29) is 25.0 Å². The number of hydrogen-bond donors (Lipinski definition) is 2. The van der Waals surface area contributed by atoms with E-state index in [0.717, 1.165) is 11.3 Å². The van der Waals surface area contributed by atoms with Crippen LogP contribution in [0, 0.1) is 5.82 Å². The van der Waals surface area contributed by atoms with Crippen molar-refractivity contribution in [2.24, 2.45) is 0 Å². The fourth-order valence-electron chi connectivity index (χ4n) is 3.22. The molecule has 2 aromatic rings. The van der Waals surface area contributed by atoms with Gasteiger partial charge in [-0.3, -0.25) is 9.59 Å². The average Bonchev–Trinajstić information content (AvgIpc) is 3.08. The molecule has 2 aliphatic rings. The van der Waals surface area contributed by atoms with E-state index in [4.69, 9.17) is 9.47 Å². The molecule has 2 amide bonds. The predicted molar refractivity (Wildman–Crippen MR) is 91.7 cm³/mol. The maximum absolute atomic E-state index is 13.4. The Labute approximate surface area is 149 Å². The zero-order chi connectivity index (χ0) is 18.1. The Hall–Kier alpha value is -3.09. The number of carbonyl (C=O) groups is 2. The van der Waals surface area contributed by atoms with Gasteiger partial charge in [-0.25, -0.2) is 4.39 Å². The molecular weight excluding hydrogens is 339 g/mol. The highest BCUT2D eigenvalue weighted by atomic mass is 19.1. The lowest BCUT2D eigenvalue weighted by atomic mass is 9.89. The molecule has 0 fully saturated rings. The fraction of sp³-hybridized carbons (Fsp3) is 0.263. The summed E-state index contributed by atoms with van der Waals surface area (Å²) in [5.74, 6) is -0.180. The van der Waals surface area contributed by atoms with Gasteiger partial charge in [-0.1, -0.05) is 12.1 Å². The molecule has 0 spiro atoms. The Morgan fingerprint density at radius 1 is 1.19 bits per heavy atom. The molecule has 2 aromatic carbocycles. The van der Waals surface area contributed by atoms with Gasteiger partial charge in [-0.2, -0.15) is 0 Å². The minimum Gasteiger partial charge on any atom is -0.454 e. The molecular formula is C19H17FN2O4. The molecule has 134 valence electrons. The molecule has 1 atom stereocenters. The highest BCUT2D eigenvalue weighted by Gasteiger charge is 2.30. The molecule has 0 bridgehead atoms. The Morgan fingerprint density at radius 2 is 2.04 bits per heavy atom. The highest BCUT2D eigenvalue weighted by molar-refractivity contribution is 6.01. The molecule has 0 radical (unpaired) electrons. The van der Waals surface area contributed by atoms with Crippen LogP contribution in [0.5, 0.6) is 11.5 Å². The summed E-state index contributed by atoms with van der Waals surface area (Å²) in [5.41, 5.74) is 2.00. The van der Waals surface area contributed by atoms with E-state index < -0.39 is 11.7 Å².